The summed E-state index contributed by atoms with van der Waals surface area (Å²) in [6.07, 6.45) is 0.969. The van der Waals surface area contributed by atoms with Gasteiger partial charge in [-0.25, -0.2) is 4.79 Å². The van der Waals surface area contributed by atoms with E-state index in [0.717, 1.165) is 24.9 Å². The Kier molecular flexibility index (Phi) is 6.64. The number of benzene rings is 1. The van der Waals surface area contributed by atoms with Crippen molar-refractivity contribution in [2.24, 2.45) is 0 Å². The first kappa shape index (κ1) is 19.5. The molecule has 1 aliphatic rings. The van der Waals surface area contributed by atoms with Gasteiger partial charge in [-0.2, -0.15) is 0 Å². The lowest BCUT2D eigenvalue weighted by Crippen LogP contribution is -2.63. The van der Waals surface area contributed by atoms with E-state index >= 15 is 0 Å². The number of rotatable bonds is 6. The number of aliphatic hydroxyl groups is 1. The van der Waals surface area contributed by atoms with Crippen molar-refractivity contribution >= 4 is 23.6 Å². The monoisotopic (exact) mass is 369 g/mol. The summed E-state index contributed by atoms with van der Waals surface area (Å²) in [5.74, 6) is -0.442. The topological polar surface area (TPSA) is 102 Å². The summed E-state index contributed by atoms with van der Waals surface area (Å²) in [4.78, 5) is 25.2. The lowest BCUT2D eigenvalue weighted by molar-refractivity contribution is -0.139. The van der Waals surface area contributed by atoms with Gasteiger partial charge in [0.1, 0.15) is 6.04 Å². The number of aliphatic hydroxyl groups excluding tert-OH is 1. The Hall–Kier alpha value is -1.83. The van der Waals surface area contributed by atoms with Gasteiger partial charge in [0.25, 0.3) is 0 Å². The Labute approximate surface area is 152 Å². The number of hydrogen-bond acceptors (Lipinski definition) is 4. The summed E-state index contributed by atoms with van der Waals surface area (Å²) in [7, 11) is 1.66. The molecule has 1 fully saturated rings. The van der Waals surface area contributed by atoms with Crippen LogP contribution in [-0.2, 0) is 11.2 Å². The van der Waals surface area contributed by atoms with Gasteiger partial charge in [0.2, 0.25) is 5.91 Å². The van der Waals surface area contributed by atoms with Gasteiger partial charge >= 0.3 is 6.09 Å². The predicted octanol–water partition coefficient (Wildman–Crippen LogP) is 1.09. The lowest BCUT2D eigenvalue weighted by Gasteiger charge is -2.46. The third kappa shape index (κ3) is 4.84. The van der Waals surface area contributed by atoms with Crippen LogP contribution in [-0.4, -0.2) is 65.4 Å². The molecular formula is C17H24ClN3O4. The van der Waals surface area contributed by atoms with Crippen LogP contribution in [0.15, 0.2) is 24.3 Å². The first-order chi connectivity index (χ1) is 11.9. The first-order valence-corrected chi connectivity index (χ1v) is 8.59. The fraction of sp³-hybridized carbons (Fsp3) is 0.529. The van der Waals surface area contributed by atoms with E-state index in [9.17, 15) is 14.7 Å². The summed E-state index contributed by atoms with van der Waals surface area (Å²) in [6.45, 7) is 0.893. The van der Waals surface area contributed by atoms with E-state index in [4.69, 9.17) is 16.7 Å². The molecule has 0 bridgehead atoms. The van der Waals surface area contributed by atoms with Crippen molar-refractivity contribution in [1.29, 1.82) is 0 Å². The smallest absolute Gasteiger partial charge is 0.405 e. The highest BCUT2D eigenvalue weighted by Crippen LogP contribution is 2.28. The van der Waals surface area contributed by atoms with Gasteiger partial charge in [0.05, 0.1) is 12.1 Å². The number of carbonyl (C=O) groups excluding carboxylic acids is 1. The van der Waals surface area contributed by atoms with Gasteiger partial charge < -0.3 is 25.7 Å². The first-order valence-electron chi connectivity index (χ1n) is 8.21. The van der Waals surface area contributed by atoms with Crippen LogP contribution in [0.3, 0.4) is 0 Å². The van der Waals surface area contributed by atoms with Crippen molar-refractivity contribution in [3.8, 4) is 0 Å². The summed E-state index contributed by atoms with van der Waals surface area (Å²) >= 11 is 5.94. The zero-order valence-electron chi connectivity index (χ0n) is 14.2. The Balaban J connectivity index is 2.23. The van der Waals surface area contributed by atoms with Crippen LogP contribution in [0.4, 0.5) is 4.79 Å². The van der Waals surface area contributed by atoms with Crippen LogP contribution in [0.1, 0.15) is 18.4 Å². The van der Waals surface area contributed by atoms with Crippen LogP contribution in [0.5, 0.6) is 0 Å². The fourth-order valence-corrected chi connectivity index (χ4v) is 3.42. The largest absolute Gasteiger partial charge is 0.465 e. The van der Waals surface area contributed by atoms with Gasteiger partial charge in [0, 0.05) is 18.6 Å². The molecule has 1 aromatic carbocycles. The third-order valence-electron chi connectivity index (χ3n) is 4.72. The molecule has 2 rings (SSSR count). The number of hydrogen-bond donors (Lipinski definition) is 4. The molecule has 0 radical (unpaired) electrons. The molecule has 2 atom stereocenters. The number of amides is 2. The van der Waals surface area contributed by atoms with Gasteiger partial charge in [-0.3, -0.25) is 4.79 Å². The van der Waals surface area contributed by atoms with Crippen LogP contribution in [0.25, 0.3) is 0 Å². The fourth-order valence-electron chi connectivity index (χ4n) is 3.29. The highest BCUT2D eigenvalue weighted by molar-refractivity contribution is 6.30. The molecular weight excluding hydrogens is 346 g/mol. The van der Waals surface area contributed by atoms with Gasteiger partial charge in [-0.1, -0.05) is 23.7 Å². The van der Waals surface area contributed by atoms with Crippen LogP contribution in [0.2, 0.25) is 5.02 Å². The number of halogens is 1. The van der Waals surface area contributed by atoms with Crippen molar-refractivity contribution in [3.63, 3.8) is 0 Å². The average Bonchev–Trinajstić information content (AvgIpc) is 2.61. The normalized spacial score (nSPS) is 21.4. The van der Waals surface area contributed by atoms with Crippen LogP contribution >= 0.6 is 11.6 Å². The van der Waals surface area contributed by atoms with Gasteiger partial charge in [-0.05, 0) is 43.5 Å². The van der Waals surface area contributed by atoms with Crippen molar-refractivity contribution in [2.45, 2.75) is 30.8 Å². The molecule has 0 aromatic heterocycles. The molecule has 4 N–H and O–H groups in total. The minimum absolute atomic E-state index is 0.442. The molecule has 1 saturated heterocycles. The Morgan fingerprint density at radius 2 is 2.08 bits per heavy atom. The Morgan fingerprint density at radius 1 is 1.40 bits per heavy atom. The molecule has 8 heteroatoms. The minimum Gasteiger partial charge on any atom is -0.465 e. The zero-order chi connectivity index (χ0) is 18.4. The summed E-state index contributed by atoms with van der Waals surface area (Å²) in [5, 5.41) is 24.3. The predicted molar refractivity (Wildman–Crippen MR) is 94.8 cm³/mol. The maximum absolute atomic E-state index is 12.7. The summed E-state index contributed by atoms with van der Waals surface area (Å²) in [6, 6.07) is 6.30. The van der Waals surface area contributed by atoms with Crippen molar-refractivity contribution in [3.05, 3.63) is 34.9 Å². The second-order valence-electron chi connectivity index (χ2n) is 6.39. The van der Waals surface area contributed by atoms with Crippen molar-refractivity contribution < 1.29 is 19.8 Å². The molecule has 138 valence electrons. The molecule has 25 heavy (non-hydrogen) atoms. The average molecular weight is 370 g/mol. The zero-order valence-corrected chi connectivity index (χ0v) is 14.9. The van der Waals surface area contributed by atoms with E-state index < -0.39 is 30.2 Å². The third-order valence-corrected chi connectivity index (χ3v) is 4.97. The Morgan fingerprint density at radius 3 is 2.60 bits per heavy atom. The second-order valence-corrected chi connectivity index (χ2v) is 6.83. The number of carbonyl (C=O) groups is 2. The minimum atomic E-state index is -1.34. The molecule has 1 aliphatic heterocycles. The Bertz CT molecular complexity index is 602. The molecule has 2 amide bonds. The molecule has 2 unspecified atom stereocenters. The number of nitrogens with zero attached hydrogens (tertiary/aromatic N) is 1. The van der Waals surface area contributed by atoms with E-state index in [-0.39, 0.29) is 0 Å². The van der Waals surface area contributed by atoms with E-state index in [2.05, 4.69) is 10.6 Å². The molecule has 1 aromatic rings. The standard InChI is InChI=1S/C17H24ClN3O4/c1-21(15(23)14(10-22)20-16(24)25)17(7-2-8-19-11-17)9-12-3-5-13(18)6-4-12/h3-6,14,19-20,22H,2,7-11H2,1H3,(H,24,25). The number of piperidine rings is 1. The number of likely N-dealkylation sites (N-methyl/N-ethyl adjacent to an activating group) is 1. The summed E-state index contributed by atoms with van der Waals surface area (Å²) in [5.41, 5.74) is 0.552. The van der Waals surface area contributed by atoms with E-state index in [1.807, 2.05) is 24.3 Å². The van der Waals surface area contributed by atoms with Crippen LogP contribution in [0, 0.1) is 0 Å². The van der Waals surface area contributed by atoms with Crippen molar-refractivity contribution in [1.82, 2.24) is 15.5 Å². The SMILES string of the molecule is CN(C(=O)C(CO)NC(=O)O)C1(Cc2ccc(Cl)cc2)CCCNC1. The van der Waals surface area contributed by atoms with Gasteiger partial charge in [-0.15, -0.1) is 0 Å². The van der Waals surface area contributed by atoms with E-state index in [1.54, 1.807) is 11.9 Å². The molecule has 0 saturated carbocycles. The quantitative estimate of drug-likeness (QED) is 0.601. The maximum atomic E-state index is 12.7. The van der Waals surface area contributed by atoms with E-state index in [0.29, 0.717) is 18.0 Å². The lowest BCUT2D eigenvalue weighted by atomic mass is 9.82. The highest BCUT2D eigenvalue weighted by atomic mass is 35.5. The van der Waals surface area contributed by atoms with Gasteiger partial charge in [0.15, 0.2) is 0 Å². The van der Waals surface area contributed by atoms with Crippen molar-refractivity contribution in [2.75, 3.05) is 26.7 Å². The highest BCUT2D eigenvalue weighted by Gasteiger charge is 2.40. The number of carboxylic acid groups (broad SMARTS) is 1. The summed E-state index contributed by atoms with van der Waals surface area (Å²) < 4.78 is 0. The number of nitrogens with one attached hydrogen (secondary N) is 2. The molecule has 0 aliphatic carbocycles. The van der Waals surface area contributed by atoms with Crippen LogP contribution < -0.4 is 10.6 Å². The maximum Gasteiger partial charge on any atom is 0.405 e. The van der Waals surface area contributed by atoms with E-state index in [1.165, 1.54) is 0 Å². The molecule has 0 spiro atoms. The molecule has 1 heterocycles. The molecule has 7 nitrogen and oxygen atoms in total. The second kappa shape index (κ2) is 8.51.